The van der Waals surface area contributed by atoms with Crippen LogP contribution in [0.4, 0.5) is 17.6 Å². The number of alkyl halides is 3. The van der Waals surface area contributed by atoms with Crippen molar-refractivity contribution in [3.63, 3.8) is 0 Å². The van der Waals surface area contributed by atoms with E-state index in [2.05, 4.69) is 5.10 Å². The SMILES string of the molecule is Cc1cc(F)c(-n2nc(C(=O)O)cc2C)cc1C(=O)NCC(F)(F)F. The number of carbonyl (C=O) groups is 2. The van der Waals surface area contributed by atoms with Crippen LogP contribution < -0.4 is 5.32 Å². The molecule has 25 heavy (non-hydrogen) atoms. The molecule has 1 aromatic carbocycles. The number of carboxylic acids is 1. The summed E-state index contributed by atoms with van der Waals surface area (Å²) in [6.07, 6.45) is -4.58. The van der Waals surface area contributed by atoms with Crippen molar-refractivity contribution in [2.75, 3.05) is 6.54 Å². The van der Waals surface area contributed by atoms with Crippen LogP contribution in [0.5, 0.6) is 0 Å². The summed E-state index contributed by atoms with van der Waals surface area (Å²) < 4.78 is 51.9. The summed E-state index contributed by atoms with van der Waals surface area (Å²) in [6.45, 7) is 1.32. The van der Waals surface area contributed by atoms with E-state index in [1.54, 1.807) is 5.32 Å². The number of hydrogen-bond donors (Lipinski definition) is 2. The zero-order valence-electron chi connectivity index (χ0n) is 13.1. The van der Waals surface area contributed by atoms with Crippen LogP contribution in [0.15, 0.2) is 18.2 Å². The molecule has 6 nitrogen and oxygen atoms in total. The number of benzene rings is 1. The average Bonchev–Trinajstić information content (AvgIpc) is 2.86. The predicted octanol–water partition coefficient (Wildman–Crippen LogP) is 2.62. The zero-order valence-corrected chi connectivity index (χ0v) is 13.1. The Morgan fingerprint density at radius 1 is 1.24 bits per heavy atom. The van der Waals surface area contributed by atoms with Gasteiger partial charge < -0.3 is 10.4 Å². The first-order valence-corrected chi connectivity index (χ1v) is 6.95. The molecule has 0 aliphatic carbocycles. The van der Waals surface area contributed by atoms with Crippen molar-refractivity contribution in [2.45, 2.75) is 20.0 Å². The molecule has 0 saturated heterocycles. The minimum Gasteiger partial charge on any atom is -0.476 e. The fraction of sp³-hybridized carbons (Fsp3) is 0.267. The average molecular weight is 359 g/mol. The molecule has 2 rings (SSSR count). The molecule has 1 heterocycles. The van der Waals surface area contributed by atoms with Crippen molar-refractivity contribution in [1.29, 1.82) is 0 Å². The van der Waals surface area contributed by atoms with Crippen molar-refractivity contribution >= 4 is 11.9 Å². The van der Waals surface area contributed by atoms with Crippen molar-refractivity contribution in [3.8, 4) is 5.69 Å². The van der Waals surface area contributed by atoms with Crippen molar-refractivity contribution < 1.29 is 32.3 Å². The summed E-state index contributed by atoms with van der Waals surface area (Å²) >= 11 is 0. The highest BCUT2D eigenvalue weighted by atomic mass is 19.4. The standard InChI is InChI=1S/C15H13F4N3O3/c1-7-3-10(16)12(22-8(2)4-11(21-22)14(24)25)5-9(7)13(23)20-6-15(17,18)19/h3-5H,6H2,1-2H3,(H,20,23)(H,24,25). The number of hydrogen-bond acceptors (Lipinski definition) is 3. The fourth-order valence-corrected chi connectivity index (χ4v) is 2.17. The molecule has 0 aliphatic rings. The van der Waals surface area contributed by atoms with Gasteiger partial charge in [-0.05, 0) is 37.6 Å². The lowest BCUT2D eigenvalue weighted by atomic mass is 10.1. The van der Waals surface area contributed by atoms with Gasteiger partial charge in [-0.15, -0.1) is 0 Å². The molecule has 2 aromatic rings. The Morgan fingerprint density at radius 2 is 1.88 bits per heavy atom. The van der Waals surface area contributed by atoms with Crippen LogP contribution >= 0.6 is 0 Å². The van der Waals surface area contributed by atoms with Crippen LogP contribution in [0, 0.1) is 19.7 Å². The molecule has 0 unspecified atom stereocenters. The van der Waals surface area contributed by atoms with Gasteiger partial charge >= 0.3 is 12.1 Å². The van der Waals surface area contributed by atoms with Gasteiger partial charge in [-0.1, -0.05) is 0 Å². The number of nitrogens with one attached hydrogen (secondary N) is 1. The molecule has 1 aromatic heterocycles. The Kier molecular flexibility index (Phi) is 4.82. The van der Waals surface area contributed by atoms with Gasteiger partial charge in [-0.3, -0.25) is 4.79 Å². The number of carboxylic acid groups (broad SMARTS) is 1. The lowest BCUT2D eigenvalue weighted by Gasteiger charge is -2.13. The Labute approximate surface area is 139 Å². The van der Waals surface area contributed by atoms with Crippen LogP contribution in [0.25, 0.3) is 5.69 Å². The first kappa shape index (κ1) is 18.4. The molecule has 1 amide bonds. The third kappa shape index (κ3) is 4.14. The number of rotatable bonds is 4. The molecule has 0 fully saturated rings. The molecule has 0 radical (unpaired) electrons. The monoisotopic (exact) mass is 359 g/mol. The summed E-state index contributed by atoms with van der Waals surface area (Å²) in [5.74, 6) is -3.15. The first-order chi connectivity index (χ1) is 11.5. The number of aromatic nitrogens is 2. The Bertz CT molecular complexity index is 843. The first-order valence-electron chi connectivity index (χ1n) is 6.95. The second kappa shape index (κ2) is 6.54. The minimum atomic E-state index is -4.58. The van der Waals surface area contributed by atoms with Crippen LogP contribution in [0.3, 0.4) is 0 Å². The van der Waals surface area contributed by atoms with E-state index < -0.39 is 30.4 Å². The van der Waals surface area contributed by atoms with Crippen LogP contribution in [0.1, 0.15) is 32.1 Å². The largest absolute Gasteiger partial charge is 0.476 e. The number of amides is 1. The van der Waals surface area contributed by atoms with Gasteiger partial charge in [0.2, 0.25) is 0 Å². The van der Waals surface area contributed by atoms with Crippen molar-refractivity contribution in [1.82, 2.24) is 15.1 Å². The van der Waals surface area contributed by atoms with E-state index in [1.807, 2.05) is 0 Å². The normalized spacial score (nSPS) is 11.4. The highest BCUT2D eigenvalue weighted by Gasteiger charge is 2.28. The van der Waals surface area contributed by atoms with Gasteiger partial charge in [0.15, 0.2) is 5.69 Å². The second-order valence-corrected chi connectivity index (χ2v) is 5.30. The molecule has 2 N–H and O–H groups in total. The molecular weight excluding hydrogens is 346 g/mol. The molecule has 10 heteroatoms. The quantitative estimate of drug-likeness (QED) is 0.822. The molecule has 0 bridgehead atoms. The Hall–Kier alpha value is -2.91. The summed E-state index contributed by atoms with van der Waals surface area (Å²) in [5, 5.41) is 14.4. The number of aryl methyl sites for hydroxylation is 2. The maximum absolute atomic E-state index is 14.2. The lowest BCUT2D eigenvalue weighted by molar-refractivity contribution is -0.123. The molecule has 0 saturated carbocycles. The smallest absolute Gasteiger partial charge is 0.405 e. The summed E-state index contributed by atoms with van der Waals surface area (Å²) in [7, 11) is 0. The van der Waals surface area contributed by atoms with Crippen molar-refractivity contribution in [3.05, 3.63) is 46.5 Å². The third-order valence-corrected chi connectivity index (χ3v) is 3.32. The van der Waals surface area contributed by atoms with E-state index in [0.717, 1.165) is 16.8 Å². The Morgan fingerprint density at radius 3 is 2.40 bits per heavy atom. The lowest BCUT2D eigenvalue weighted by Crippen LogP contribution is -2.34. The summed E-state index contributed by atoms with van der Waals surface area (Å²) in [6, 6.07) is 3.20. The molecule has 0 atom stereocenters. The third-order valence-electron chi connectivity index (χ3n) is 3.32. The van der Waals surface area contributed by atoms with E-state index in [-0.39, 0.29) is 28.2 Å². The number of nitrogens with zero attached hydrogens (tertiary/aromatic N) is 2. The maximum Gasteiger partial charge on any atom is 0.405 e. The summed E-state index contributed by atoms with van der Waals surface area (Å²) in [4.78, 5) is 22.9. The van der Waals surface area contributed by atoms with E-state index in [0.29, 0.717) is 0 Å². The van der Waals surface area contributed by atoms with Crippen molar-refractivity contribution in [2.24, 2.45) is 0 Å². The van der Waals surface area contributed by atoms with Gasteiger partial charge in [0, 0.05) is 11.3 Å². The molecule has 0 aliphatic heterocycles. The molecule has 0 spiro atoms. The number of aromatic carboxylic acids is 1. The van der Waals surface area contributed by atoms with Crippen LogP contribution in [0.2, 0.25) is 0 Å². The van der Waals surface area contributed by atoms with Gasteiger partial charge in [-0.25, -0.2) is 13.9 Å². The predicted molar refractivity (Wildman–Crippen MR) is 78.3 cm³/mol. The number of halogens is 4. The second-order valence-electron chi connectivity index (χ2n) is 5.30. The van der Waals surface area contributed by atoms with Crippen LogP contribution in [-0.2, 0) is 0 Å². The highest BCUT2D eigenvalue weighted by Crippen LogP contribution is 2.21. The van der Waals surface area contributed by atoms with Gasteiger partial charge in [0.25, 0.3) is 5.91 Å². The van der Waals surface area contributed by atoms with E-state index in [9.17, 15) is 27.2 Å². The van der Waals surface area contributed by atoms with E-state index in [1.165, 1.54) is 19.9 Å². The topological polar surface area (TPSA) is 84.2 Å². The number of carbonyl (C=O) groups excluding carboxylic acids is 1. The maximum atomic E-state index is 14.2. The van der Waals surface area contributed by atoms with Crippen LogP contribution in [-0.4, -0.2) is 39.5 Å². The van der Waals surface area contributed by atoms with Gasteiger partial charge in [-0.2, -0.15) is 18.3 Å². The van der Waals surface area contributed by atoms with E-state index in [4.69, 9.17) is 5.11 Å². The highest BCUT2D eigenvalue weighted by molar-refractivity contribution is 5.96. The van der Waals surface area contributed by atoms with Gasteiger partial charge in [0.1, 0.15) is 18.0 Å². The molecular formula is C15H13F4N3O3. The van der Waals surface area contributed by atoms with Gasteiger partial charge in [0.05, 0.1) is 0 Å². The minimum absolute atomic E-state index is 0.129. The van der Waals surface area contributed by atoms with E-state index >= 15 is 0 Å². The fourth-order valence-electron chi connectivity index (χ4n) is 2.17. The zero-order chi connectivity index (χ0) is 18.9. The summed E-state index contributed by atoms with van der Waals surface area (Å²) in [5.41, 5.74) is -0.341. The molecule has 134 valence electrons. The Balaban J connectivity index is 2.44.